The van der Waals surface area contributed by atoms with Crippen molar-refractivity contribution in [1.29, 1.82) is 5.26 Å². The maximum atomic E-state index is 9.12. The first-order chi connectivity index (χ1) is 10.1. The summed E-state index contributed by atoms with van der Waals surface area (Å²) in [7, 11) is 0. The molecule has 0 aliphatic heterocycles. The summed E-state index contributed by atoms with van der Waals surface area (Å²) in [6, 6.07) is 13.9. The van der Waals surface area contributed by atoms with Crippen molar-refractivity contribution in [2.24, 2.45) is 0 Å². The molecule has 0 radical (unpaired) electrons. The van der Waals surface area contributed by atoms with Crippen LogP contribution >= 0.6 is 11.6 Å². The fraction of sp³-hybridized carbons (Fsp3) is 0.176. The highest BCUT2D eigenvalue weighted by molar-refractivity contribution is 6.30. The molecule has 0 atom stereocenters. The van der Waals surface area contributed by atoms with Crippen molar-refractivity contribution < 1.29 is 0 Å². The predicted octanol–water partition coefficient (Wildman–Crippen LogP) is 4.50. The molecule has 0 unspecified atom stereocenters. The quantitative estimate of drug-likeness (QED) is 0.698. The van der Waals surface area contributed by atoms with Crippen LogP contribution in [0.2, 0.25) is 5.02 Å². The summed E-state index contributed by atoms with van der Waals surface area (Å²) in [4.78, 5) is 4.70. The number of nitrogens with zero attached hydrogens (tertiary/aromatic N) is 3. The second-order valence-electron chi connectivity index (χ2n) is 5.11. The molecular formula is C17H14ClN3. The van der Waals surface area contributed by atoms with E-state index in [0.29, 0.717) is 5.02 Å². The maximum absolute atomic E-state index is 9.12. The molecule has 0 saturated heterocycles. The standard InChI is InChI=1S/C17H14ClN3/c1-11-9-15-16(10-12(11)2)21(8-7-19)17(20-15)13-3-5-14(18)6-4-13/h3-6,9-10H,8H2,1-2H3. The minimum Gasteiger partial charge on any atom is -0.310 e. The van der Waals surface area contributed by atoms with E-state index in [-0.39, 0.29) is 6.54 Å². The molecule has 1 heterocycles. The van der Waals surface area contributed by atoms with Crippen LogP contribution in [0.4, 0.5) is 0 Å². The van der Waals surface area contributed by atoms with Gasteiger partial charge in [0.15, 0.2) is 0 Å². The summed E-state index contributed by atoms with van der Waals surface area (Å²) >= 11 is 5.94. The zero-order valence-electron chi connectivity index (χ0n) is 11.9. The highest BCUT2D eigenvalue weighted by Crippen LogP contribution is 2.27. The van der Waals surface area contributed by atoms with E-state index in [1.54, 1.807) is 0 Å². The smallest absolute Gasteiger partial charge is 0.142 e. The molecule has 21 heavy (non-hydrogen) atoms. The SMILES string of the molecule is Cc1cc2nc(-c3ccc(Cl)cc3)n(CC#N)c2cc1C. The summed E-state index contributed by atoms with van der Waals surface area (Å²) in [5, 5.41) is 9.81. The summed E-state index contributed by atoms with van der Waals surface area (Å²) in [5.74, 6) is 0.799. The van der Waals surface area contributed by atoms with Crippen LogP contribution in [-0.4, -0.2) is 9.55 Å². The van der Waals surface area contributed by atoms with Crippen LogP contribution in [-0.2, 0) is 6.54 Å². The van der Waals surface area contributed by atoms with Crippen LogP contribution in [0.3, 0.4) is 0 Å². The van der Waals surface area contributed by atoms with E-state index in [1.165, 1.54) is 11.1 Å². The third-order valence-electron chi connectivity index (χ3n) is 3.69. The Kier molecular flexibility index (Phi) is 3.40. The summed E-state index contributed by atoms with van der Waals surface area (Å²) in [5.41, 5.74) is 5.26. The first kappa shape index (κ1) is 13.7. The lowest BCUT2D eigenvalue weighted by molar-refractivity contribution is 0.870. The van der Waals surface area contributed by atoms with Crippen LogP contribution in [0.25, 0.3) is 22.4 Å². The van der Waals surface area contributed by atoms with Crippen LogP contribution < -0.4 is 0 Å². The van der Waals surface area contributed by atoms with Gasteiger partial charge >= 0.3 is 0 Å². The average molecular weight is 296 g/mol. The van der Waals surface area contributed by atoms with Gasteiger partial charge in [0.25, 0.3) is 0 Å². The monoisotopic (exact) mass is 295 g/mol. The third-order valence-corrected chi connectivity index (χ3v) is 3.95. The Morgan fingerprint density at radius 1 is 1.14 bits per heavy atom. The van der Waals surface area contributed by atoms with Crippen LogP contribution in [0.1, 0.15) is 11.1 Å². The van der Waals surface area contributed by atoms with E-state index in [2.05, 4.69) is 32.0 Å². The number of benzene rings is 2. The molecule has 2 aromatic carbocycles. The number of hydrogen-bond acceptors (Lipinski definition) is 2. The highest BCUT2D eigenvalue weighted by Gasteiger charge is 2.13. The van der Waals surface area contributed by atoms with Crippen molar-refractivity contribution in [2.45, 2.75) is 20.4 Å². The third kappa shape index (κ3) is 2.39. The molecular weight excluding hydrogens is 282 g/mol. The average Bonchev–Trinajstić information content (AvgIpc) is 2.79. The summed E-state index contributed by atoms with van der Waals surface area (Å²) < 4.78 is 1.95. The van der Waals surface area contributed by atoms with Gasteiger partial charge in [0.1, 0.15) is 12.4 Å². The Morgan fingerprint density at radius 2 is 1.81 bits per heavy atom. The number of hydrogen-bond donors (Lipinski definition) is 0. The van der Waals surface area contributed by atoms with E-state index in [1.807, 2.05) is 28.8 Å². The fourth-order valence-corrected chi connectivity index (χ4v) is 2.56. The van der Waals surface area contributed by atoms with Crippen molar-refractivity contribution in [2.75, 3.05) is 0 Å². The topological polar surface area (TPSA) is 41.6 Å². The fourth-order valence-electron chi connectivity index (χ4n) is 2.43. The summed E-state index contributed by atoms with van der Waals surface area (Å²) in [6.45, 7) is 4.41. The number of aromatic nitrogens is 2. The van der Waals surface area contributed by atoms with Gasteiger partial charge in [0.2, 0.25) is 0 Å². The number of aryl methyl sites for hydroxylation is 2. The molecule has 3 rings (SSSR count). The first-order valence-corrected chi connectivity index (χ1v) is 7.08. The lowest BCUT2D eigenvalue weighted by atomic mass is 10.1. The van der Waals surface area contributed by atoms with Crippen LogP contribution in [0.5, 0.6) is 0 Å². The van der Waals surface area contributed by atoms with Gasteiger partial charge in [-0.25, -0.2) is 4.98 Å². The Bertz CT molecular complexity index is 854. The maximum Gasteiger partial charge on any atom is 0.142 e. The molecule has 0 aliphatic rings. The zero-order chi connectivity index (χ0) is 15.0. The molecule has 0 amide bonds. The normalized spacial score (nSPS) is 10.8. The molecule has 3 aromatic rings. The lowest BCUT2D eigenvalue weighted by Gasteiger charge is -2.06. The number of fused-ring (bicyclic) bond motifs is 1. The van der Waals surface area contributed by atoms with E-state index >= 15 is 0 Å². The predicted molar refractivity (Wildman–Crippen MR) is 85.3 cm³/mol. The van der Waals surface area contributed by atoms with Gasteiger partial charge in [0, 0.05) is 10.6 Å². The Morgan fingerprint density at radius 3 is 2.48 bits per heavy atom. The largest absolute Gasteiger partial charge is 0.310 e. The van der Waals surface area contributed by atoms with Gasteiger partial charge in [-0.05, 0) is 61.4 Å². The zero-order valence-corrected chi connectivity index (χ0v) is 12.6. The highest BCUT2D eigenvalue weighted by atomic mass is 35.5. The van der Waals surface area contributed by atoms with Crippen molar-refractivity contribution >= 4 is 22.6 Å². The Labute approximate surface area is 128 Å². The number of imidazole rings is 1. The Balaban J connectivity index is 2.29. The molecule has 0 N–H and O–H groups in total. The van der Waals surface area contributed by atoms with Gasteiger partial charge < -0.3 is 4.57 Å². The molecule has 0 aliphatic carbocycles. The molecule has 0 saturated carbocycles. The second-order valence-corrected chi connectivity index (χ2v) is 5.55. The van der Waals surface area contributed by atoms with Crippen molar-refractivity contribution in [3.05, 3.63) is 52.5 Å². The second kappa shape index (κ2) is 5.23. The van der Waals surface area contributed by atoms with E-state index in [9.17, 15) is 0 Å². The Hall–Kier alpha value is -2.31. The van der Waals surface area contributed by atoms with E-state index < -0.39 is 0 Å². The van der Waals surface area contributed by atoms with Gasteiger partial charge in [-0.15, -0.1) is 0 Å². The lowest BCUT2D eigenvalue weighted by Crippen LogP contribution is -1.99. The van der Waals surface area contributed by atoms with Gasteiger partial charge in [-0.1, -0.05) is 11.6 Å². The minimum atomic E-state index is 0.275. The van der Waals surface area contributed by atoms with Gasteiger partial charge in [-0.2, -0.15) is 5.26 Å². The molecule has 0 bridgehead atoms. The van der Waals surface area contributed by atoms with Crippen molar-refractivity contribution in [3.8, 4) is 17.5 Å². The summed E-state index contributed by atoms with van der Waals surface area (Å²) in [6.07, 6.45) is 0. The molecule has 0 fully saturated rings. The van der Waals surface area contributed by atoms with Crippen molar-refractivity contribution in [3.63, 3.8) is 0 Å². The first-order valence-electron chi connectivity index (χ1n) is 6.70. The van der Waals surface area contributed by atoms with Gasteiger partial charge in [-0.3, -0.25) is 0 Å². The number of nitriles is 1. The van der Waals surface area contributed by atoms with Crippen LogP contribution in [0.15, 0.2) is 36.4 Å². The van der Waals surface area contributed by atoms with E-state index in [0.717, 1.165) is 22.4 Å². The minimum absolute atomic E-state index is 0.275. The molecule has 3 nitrogen and oxygen atoms in total. The van der Waals surface area contributed by atoms with Gasteiger partial charge in [0.05, 0.1) is 17.1 Å². The molecule has 104 valence electrons. The molecule has 4 heteroatoms. The van der Waals surface area contributed by atoms with E-state index in [4.69, 9.17) is 21.8 Å². The van der Waals surface area contributed by atoms with Crippen LogP contribution in [0, 0.1) is 25.2 Å². The van der Waals surface area contributed by atoms with Crippen molar-refractivity contribution in [1.82, 2.24) is 9.55 Å². The molecule has 1 aromatic heterocycles. The molecule has 0 spiro atoms. The number of halogens is 1. The number of rotatable bonds is 2.